The minimum Gasteiger partial charge on any atom is -0.497 e. The summed E-state index contributed by atoms with van der Waals surface area (Å²) in [6.45, 7) is 4.23. The van der Waals surface area contributed by atoms with Gasteiger partial charge in [-0.1, -0.05) is 6.92 Å². The third-order valence-electron chi connectivity index (χ3n) is 5.23. The van der Waals surface area contributed by atoms with E-state index in [-0.39, 0.29) is 11.7 Å². The van der Waals surface area contributed by atoms with Crippen molar-refractivity contribution in [3.63, 3.8) is 0 Å². The summed E-state index contributed by atoms with van der Waals surface area (Å²) in [5.41, 5.74) is 3.39. The number of esters is 1. The van der Waals surface area contributed by atoms with Gasteiger partial charge in [-0.25, -0.2) is 4.79 Å². The molecule has 0 aliphatic heterocycles. The summed E-state index contributed by atoms with van der Waals surface area (Å²) < 4.78 is 16.2. The number of ether oxygens (including phenoxy) is 3. The smallest absolute Gasteiger partial charge is 0.355 e. The molecule has 156 valence electrons. The average Bonchev–Trinajstić information content (AvgIpc) is 3.07. The third kappa shape index (κ3) is 4.45. The van der Waals surface area contributed by atoms with Crippen LogP contribution in [0.4, 0.5) is 0 Å². The van der Waals surface area contributed by atoms with Gasteiger partial charge < -0.3 is 19.2 Å². The van der Waals surface area contributed by atoms with Crippen molar-refractivity contribution in [2.45, 2.75) is 32.6 Å². The molecule has 2 aromatic rings. The molecule has 0 saturated heterocycles. The quantitative estimate of drug-likeness (QED) is 0.513. The number of fused-ring (bicyclic) bond motifs is 1. The van der Waals surface area contributed by atoms with Crippen LogP contribution in [0, 0.1) is 6.92 Å². The van der Waals surface area contributed by atoms with Gasteiger partial charge in [0.25, 0.3) is 0 Å². The SMILES string of the molecule is CCSCCOC(=O)c1[nH]c2c(c1C)C(=O)CC(c1cc(OC)ccc1OC)C2. The number of carbonyl (C=O) groups is 2. The van der Waals surface area contributed by atoms with Crippen molar-refractivity contribution in [1.82, 2.24) is 4.98 Å². The number of ketones is 1. The van der Waals surface area contributed by atoms with Crippen LogP contribution in [0.5, 0.6) is 11.5 Å². The zero-order valence-electron chi connectivity index (χ0n) is 17.3. The van der Waals surface area contributed by atoms with E-state index >= 15 is 0 Å². The Bertz CT molecular complexity index is 905. The maximum Gasteiger partial charge on any atom is 0.355 e. The summed E-state index contributed by atoms with van der Waals surface area (Å²) in [4.78, 5) is 28.6. The van der Waals surface area contributed by atoms with Crippen LogP contribution in [0.25, 0.3) is 0 Å². The van der Waals surface area contributed by atoms with Gasteiger partial charge in [0.2, 0.25) is 0 Å². The number of methoxy groups -OCH3 is 2. The van der Waals surface area contributed by atoms with E-state index in [1.165, 1.54) is 0 Å². The fourth-order valence-corrected chi connectivity index (χ4v) is 4.32. The number of carbonyl (C=O) groups excluding carboxylic acids is 2. The summed E-state index contributed by atoms with van der Waals surface area (Å²) in [5, 5.41) is 0. The summed E-state index contributed by atoms with van der Waals surface area (Å²) in [5.74, 6) is 2.75. The first kappa shape index (κ1) is 21.3. The second-order valence-electron chi connectivity index (χ2n) is 6.95. The molecular weight excluding hydrogens is 390 g/mol. The summed E-state index contributed by atoms with van der Waals surface area (Å²) in [6.07, 6.45) is 0.973. The fourth-order valence-electron chi connectivity index (χ4n) is 3.83. The molecule has 0 fully saturated rings. The van der Waals surface area contributed by atoms with Gasteiger partial charge >= 0.3 is 5.97 Å². The maximum atomic E-state index is 12.9. The van der Waals surface area contributed by atoms with Crippen LogP contribution in [-0.4, -0.2) is 49.1 Å². The summed E-state index contributed by atoms with van der Waals surface area (Å²) >= 11 is 1.72. The van der Waals surface area contributed by atoms with Crippen molar-refractivity contribution in [1.29, 1.82) is 0 Å². The number of H-pyrrole nitrogens is 1. The summed E-state index contributed by atoms with van der Waals surface area (Å²) in [7, 11) is 3.23. The molecule has 7 heteroatoms. The Balaban J connectivity index is 1.85. The number of aromatic nitrogens is 1. The second kappa shape index (κ2) is 9.39. The zero-order valence-corrected chi connectivity index (χ0v) is 18.1. The fraction of sp³-hybridized carbons (Fsp3) is 0.455. The lowest BCUT2D eigenvalue weighted by atomic mass is 9.81. The van der Waals surface area contributed by atoms with Crippen LogP contribution < -0.4 is 9.47 Å². The highest BCUT2D eigenvalue weighted by atomic mass is 32.2. The standard InChI is InChI=1S/C22H27NO5S/c1-5-29-9-8-28-22(25)21-13(2)20-17(23-21)10-14(11-18(20)24)16-12-15(26-3)6-7-19(16)27-4/h6-7,12,14,23H,5,8-11H2,1-4H3. The monoisotopic (exact) mass is 417 g/mol. The highest BCUT2D eigenvalue weighted by Gasteiger charge is 2.33. The molecule has 0 amide bonds. The first-order valence-electron chi connectivity index (χ1n) is 9.71. The van der Waals surface area contributed by atoms with Crippen molar-refractivity contribution < 1.29 is 23.8 Å². The van der Waals surface area contributed by atoms with Crippen LogP contribution in [-0.2, 0) is 11.2 Å². The Morgan fingerprint density at radius 2 is 2.03 bits per heavy atom. The minimum absolute atomic E-state index is 0.0236. The van der Waals surface area contributed by atoms with Crippen LogP contribution in [0.15, 0.2) is 18.2 Å². The number of Topliss-reactive ketones (excluding diaryl/α,β-unsaturated/α-hetero) is 1. The van der Waals surface area contributed by atoms with Crippen molar-refractivity contribution in [3.8, 4) is 11.5 Å². The number of thioether (sulfide) groups is 1. The molecule has 0 spiro atoms. The highest BCUT2D eigenvalue weighted by Crippen LogP contribution is 2.40. The van der Waals surface area contributed by atoms with Gasteiger partial charge in [-0.3, -0.25) is 4.79 Å². The molecule has 1 aliphatic rings. The molecule has 1 aromatic heterocycles. The Morgan fingerprint density at radius 3 is 2.72 bits per heavy atom. The Labute approximate surface area is 175 Å². The van der Waals surface area contributed by atoms with Gasteiger partial charge in [-0.05, 0) is 42.9 Å². The number of aromatic amines is 1. The average molecular weight is 418 g/mol. The first-order valence-corrected chi connectivity index (χ1v) is 10.9. The molecule has 0 bridgehead atoms. The molecule has 29 heavy (non-hydrogen) atoms. The van der Waals surface area contributed by atoms with Crippen molar-refractivity contribution in [2.75, 3.05) is 32.3 Å². The molecule has 1 unspecified atom stereocenters. The minimum atomic E-state index is -0.406. The van der Waals surface area contributed by atoms with Crippen molar-refractivity contribution in [3.05, 3.63) is 46.3 Å². The Morgan fingerprint density at radius 1 is 1.24 bits per heavy atom. The van der Waals surface area contributed by atoms with E-state index < -0.39 is 5.97 Å². The summed E-state index contributed by atoms with van der Waals surface area (Å²) in [6, 6.07) is 5.60. The molecule has 1 aromatic carbocycles. The molecular formula is C22H27NO5S. The lowest BCUT2D eigenvalue weighted by Gasteiger charge is -2.24. The third-order valence-corrected chi connectivity index (χ3v) is 6.10. The van der Waals surface area contributed by atoms with E-state index in [0.717, 1.165) is 34.3 Å². The van der Waals surface area contributed by atoms with E-state index in [1.807, 2.05) is 18.2 Å². The molecule has 1 aliphatic carbocycles. The van der Waals surface area contributed by atoms with Crippen LogP contribution in [0.2, 0.25) is 0 Å². The molecule has 1 N–H and O–H groups in total. The topological polar surface area (TPSA) is 77.6 Å². The molecule has 0 radical (unpaired) electrons. The lowest BCUT2D eigenvalue weighted by Crippen LogP contribution is -2.19. The molecule has 6 nitrogen and oxygen atoms in total. The number of rotatable bonds is 8. The number of hydrogen-bond acceptors (Lipinski definition) is 6. The van der Waals surface area contributed by atoms with Gasteiger partial charge in [-0.15, -0.1) is 0 Å². The van der Waals surface area contributed by atoms with Crippen molar-refractivity contribution in [2.24, 2.45) is 0 Å². The first-order chi connectivity index (χ1) is 14.0. The lowest BCUT2D eigenvalue weighted by molar-refractivity contribution is 0.0523. The van der Waals surface area contributed by atoms with Gasteiger partial charge in [-0.2, -0.15) is 11.8 Å². The van der Waals surface area contributed by atoms with Crippen LogP contribution in [0.1, 0.15) is 56.9 Å². The van der Waals surface area contributed by atoms with Gasteiger partial charge in [0.15, 0.2) is 5.78 Å². The highest BCUT2D eigenvalue weighted by molar-refractivity contribution is 7.99. The van der Waals surface area contributed by atoms with E-state index in [1.54, 1.807) is 32.9 Å². The number of nitrogens with one attached hydrogen (secondary N) is 1. The predicted molar refractivity (Wildman–Crippen MR) is 114 cm³/mol. The Hall–Kier alpha value is -2.41. The number of benzene rings is 1. The molecule has 0 saturated carbocycles. The van der Waals surface area contributed by atoms with E-state index in [2.05, 4.69) is 11.9 Å². The Kier molecular flexibility index (Phi) is 6.90. The van der Waals surface area contributed by atoms with Crippen LogP contribution >= 0.6 is 11.8 Å². The predicted octanol–water partition coefficient (Wildman–Crippen LogP) is 4.16. The zero-order chi connectivity index (χ0) is 21.0. The van der Waals surface area contributed by atoms with E-state index in [9.17, 15) is 9.59 Å². The maximum absolute atomic E-state index is 12.9. The molecule has 1 atom stereocenters. The number of hydrogen-bond donors (Lipinski definition) is 1. The normalized spacial score (nSPS) is 15.7. The van der Waals surface area contributed by atoms with Gasteiger partial charge in [0, 0.05) is 34.9 Å². The second-order valence-corrected chi connectivity index (χ2v) is 8.34. The van der Waals surface area contributed by atoms with E-state index in [0.29, 0.717) is 36.3 Å². The molecule has 3 rings (SSSR count). The van der Waals surface area contributed by atoms with Gasteiger partial charge in [0.05, 0.1) is 14.2 Å². The van der Waals surface area contributed by atoms with Crippen LogP contribution in [0.3, 0.4) is 0 Å². The largest absolute Gasteiger partial charge is 0.497 e. The van der Waals surface area contributed by atoms with Crippen molar-refractivity contribution >= 4 is 23.5 Å². The van der Waals surface area contributed by atoms with E-state index in [4.69, 9.17) is 14.2 Å². The molecule has 1 heterocycles. The van der Waals surface area contributed by atoms with Gasteiger partial charge in [0.1, 0.15) is 23.8 Å².